The highest BCUT2D eigenvalue weighted by Gasteiger charge is 2.43. The van der Waals surface area contributed by atoms with Crippen LogP contribution in [0.25, 0.3) is 6.08 Å². The van der Waals surface area contributed by atoms with Crippen LogP contribution in [0.15, 0.2) is 65.7 Å². The summed E-state index contributed by atoms with van der Waals surface area (Å²) in [5.74, 6) is 1.58. The lowest BCUT2D eigenvalue weighted by molar-refractivity contribution is -0.127. The first kappa shape index (κ1) is 25.9. The number of hydrazine groups is 1. The number of aliphatic imine (C=N–C) groups is 1. The Bertz CT molecular complexity index is 1020. The average molecular weight is 492 g/mol. The van der Waals surface area contributed by atoms with Crippen LogP contribution in [0.3, 0.4) is 0 Å². The summed E-state index contributed by atoms with van der Waals surface area (Å²) in [4.78, 5) is 18.2. The summed E-state index contributed by atoms with van der Waals surface area (Å²) in [5.41, 5.74) is 6.91. The number of nitrogens with one attached hydrogen (secondary N) is 2. The van der Waals surface area contributed by atoms with E-state index in [0.29, 0.717) is 37.0 Å². The predicted octanol–water partition coefficient (Wildman–Crippen LogP) is 4.27. The number of benzene rings is 2. The molecule has 1 atom stereocenters. The van der Waals surface area contributed by atoms with Crippen LogP contribution in [-0.4, -0.2) is 48.8 Å². The van der Waals surface area contributed by atoms with Crippen LogP contribution in [0.2, 0.25) is 0 Å². The minimum Gasteiger partial charge on any atom is -0.494 e. The fourth-order valence-electron chi connectivity index (χ4n) is 4.59. The standard InChI is InChI=1S/C29H37N3O4/c33-19-8-20-35-26-16-14-25(15-17-26)27-31-29(22-36-27,18-7-13-23-9-3-1-4-10-23)28(34)32-30-21-24-11-5-2-6-12-24/h1,3-4,7,9-10,13-17,24,30,33H,2,5-6,8,11-12,18-22H2,(H,32,34)/b13-7+/t29-/m0/s1. The third-order valence-electron chi connectivity index (χ3n) is 6.74. The van der Waals surface area contributed by atoms with Gasteiger partial charge in [-0.15, -0.1) is 0 Å². The summed E-state index contributed by atoms with van der Waals surface area (Å²) < 4.78 is 11.6. The number of hydrogen-bond acceptors (Lipinski definition) is 6. The lowest BCUT2D eigenvalue weighted by Gasteiger charge is -2.25. The van der Waals surface area contributed by atoms with Crippen LogP contribution in [0.1, 0.15) is 56.1 Å². The van der Waals surface area contributed by atoms with Crippen molar-refractivity contribution in [1.29, 1.82) is 0 Å². The number of aliphatic hydroxyl groups excluding tert-OH is 1. The van der Waals surface area contributed by atoms with Crippen molar-refractivity contribution in [2.75, 3.05) is 26.4 Å². The summed E-state index contributed by atoms with van der Waals surface area (Å²) in [6.07, 6.45) is 11.3. The van der Waals surface area contributed by atoms with Gasteiger partial charge >= 0.3 is 0 Å². The van der Waals surface area contributed by atoms with Crippen molar-refractivity contribution >= 4 is 17.9 Å². The molecular formula is C29H37N3O4. The molecule has 1 aliphatic carbocycles. The molecule has 0 unspecified atom stereocenters. The van der Waals surface area contributed by atoms with Gasteiger partial charge in [0.15, 0.2) is 5.54 Å². The quantitative estimate of drug-likeness (QED) is 0.305. The Labute approximate surface area is 213 Å². The first-order valence-corrected chi connectivity index (χ1v) is 13.0. The van der Waals surface area contributed by atoms with Gasteiger partial charge in [0.1, 0.15) is 12.4 Å². The zero-order valence-electron chi connectivity index (χ0n) is 20.8. The monoisotopic (exact) mass is 491 g/mol. The van der Waals surface area contributed by atoms with Crippen LogP contribution in [0.5, 0.6) is 5.75 Å². The van der Waals surface area contributed by atoms with Crippen molar-refractivity contribution in [1.82, 2.24) is 10.9 Å². The number of carbonyl (C=O) groups excluding carboxylic acids is 1. The molecule has 2 aromatic rings. The molecule has 1 fully saturated rings. The van der Waals surface area contributed by atoms with E-state index in [1.54, 1.807) is 0 Å². The number of rotatable bonds is 12. The molecule has 1 aliphatic heterocycles. The van der Waals surface area contributed by atoms with E-state index >= 15 is 0 Å². The minimum atomic E-state index is -1.05. The molecule has 7 nitrogen and oxygen atoms in total. The molecule has 0 aromatic heterocycles. The summed E-state index contributed by atoms with van der Waals surface area (Å²) in [5, 5.41) is 8.92. The number of nitrogens with zero attached hydrogens (tertiary/aromatic N) is 1. The highest BCUT2D eigenvalue weighted by Crippen LogP contribution is 2.28. The number of amides is 1. The Morgan fingerprint density at radius 3 is 2.64 bits per heavy atom. The maximum Gasteiger partial charge on any atom is 0.266 e. The summed E-state index contributed by atoms with van der Waals surface area (Å²) in [6, 6.07) is 17.5. The maximum absolute atomic E-state index is 13.4. The second-order valence-electron chi connectivity index (χ2n) is 9.54. The Hall–Kier alpha value is -3.16. The molecule has 0 spiro atoms. The van der Waals surface area contributed by atoms with Crippen LogP contribution < -0.4 is 15.6 Å². The normalized spacial score (nSPS) is 20.2. The first-order valence-electron chi connectivity index (χ1n) is 13.0. The number of ether oxygens (including phenoxy) is 2. The maximum atomic E-state index is 13.4. The molecule has 4 rings (SSSR count). The first-order chi connectivity index (χ1) is 17.7. The fourth-order valence-corrected chi connectivity index (χ4v) is 4.59. The van der Waals surface area contributed by atoms with Crippen molar-refractivity contribution in [2.24, 2.45) is 10.9 Å². The summed E-state index contributed by atoms with van der Waals surface area (Å²) in [6.45, 7) is 1.50. The van der Waals surface area contributed by atoms with Crippen LogP contribution >= 0.6 is 0 Å². The smallest absolute Gasteiger partial charge is 0.266 e. The molecule has 0 bridgehead atoms. The second-order valence-corrected chi connectivity index (χ2v) is 9.54. The van der Waals surface area contributed by atoms with Crippen molar-refractivity contribution in [3.05, 3.63) is 71.8 Å². The van der Waals surface area contributed by atoms with Gasteiger partial charge in [0.05, 0.1) is 6.61 Å². The Balaban J connectivity index is 1.45. The highest BCUT2D eigenvalue weighted by molar-refractivity contribution is 6.00. The van der Waals surface area contributed by atoms with Gasteiger partial charge in [-0.25, -0.2) is 10.4 Å². The zero-order chi connectivity index (χ0) is 25.1. The molecule has 1 amide bonds. The van der Waals surface area contributed by atoms with Crippen molar-refractivity contribution in [2.45, 2.75) is 50.5 Å². The SMILES string of the molecule is O=C(NNCC1CCCCC1)[C@]1(C/C=C/c2ccccc2)COC(c2ccc(OCCCO)cc2)=N1. The molecule has 2 aliphatic rings. The van der Waals surface area contributed by atoms with E-state index in [-0.39, 0.29) is 19.1 Å². The van der Waals surface area contributed by atoms with Gasteiger partial charge in [0, 0.05) is 31.6 Å². The Kier molecular flexibility index (Phi) is 9.53. The van der Waals surface area contributed by atoms with Crippen molar-refractivity contribution in [3.8, 4) is 5.75 Å². The van der Waals surface area contributed by atoms with E-state index in [2.05, 4.69) is 10.9 Å². The average Bonchev–Trinajstić information content (AvgIpc) is 3.36. The van der Waals surface area contributed by atoms with Gasteiger partial charge in [0.25, 0.3) is 5.91 Å². The van der Waals surface area contributed by atoms with Crippen molar-refractivity contribution < 1.29 is 19.4 Å². The number of carbonyl (C=O) groups is 1. The van der Waals surface area contributed by atoms with Gasteiger partial charge in [-0.05, 0) is 48.6 Å². The van der Waals surface area contributed by atoms with E-state index in [1.165, 1.54) is 32.1 Å². The molecule has 2 aromatic carbocycles. The molecule has 3 N–H and O–H groups in total. The number of hydrogen-bond donors (Lipinski definition) is 3. The third kappa shape index (κ3) is 7.18. The van der Waals surface area contributed by atoms with Gasteiger partial charge in [0.2, 0.25) is 5.90 Å². The van der Waals surface area contributed by atoms with E-state index in [1.807, 2.05) is 66.7 Å². The lowest BCUT2D eigenvalue weighted by Crippen LogP contribution is -2.52. The number of aliphatic hydroxyl groups is 1. The molecule has 1 saturated carbocycles. The van der Waals surface area contributed by atoms with Crippen LogP contribution in [-0.2, 0) is 9.53 Å². The molecule has 7 heteroatoms. The Morgan fingerprint density at radius 2 is 1.89 bits per heavy atom. The van der Waals surface area contributed by atoms with Crippen LogP contribution in [0.4, 0.5) is 0 Å². The third-order valence-corrected chi connectivity index (χ3v) is 6.74. The predicted molar refractivity (Wildman–Crippen MR) is 142 cm³/mol. The molecule has 0 saturated heterocycles. The fraction of sp³-hybridized carbons (Fsp3) is 0.448. The molecular weight excluding hydrogens is 454 g/mol. The van der Waals surface area contributed by atoms with E-state index in [0.717, 1.165) is 17.7 Å². The van der Waals surface area contributed by atoms with E-state index in [4.69, 9.17) is 19.6 Å². The largest absolute Gasteiger partial charge is 0.494 e. The highest BCUT2D eigenvalue weighted by atomic mass is 16.5. The van der Waals surface area contributed by atoms with Crippen LogP contribution in [0, 0.1) is 5.92 Å². The van der Waals surface area contributed by atoms with Crippen molar-refractivity contribution in [3.63, 3.8) is 0 Å². The summed E-state index contributed by atoms with van der Waals surface area (Å²) >= 11 is 0. The van der Waals surface area contributed by atoms with Gasteiger partial charge < -0.3 is 14.6 Å². The minimum absolute atomic E-state index is 0.0983. The summed E-state index contributed by atoms with van der Waals surface area (Å²) in [7, 11) is 0. The van der Waals surface area contributed by atoms with Gasteiger partial charge in [-0.3, -0.25) is 10.2 Å². The molecule has 1 heterocycles. The van der Waals surface area contributed by atoms with Gasteiger partial charge in [-0.2, -0.15) is 0 Å². The zero-order valence-corrected chi connectivity index (χ0v) is 20.8. The lowest BCUT2D eigenvalue weighted by atomic mass is 9.89. The molecule has 36 heavy (non-hydrogen) atoms. The topological polar surface area (TPSA) is 92.2 Å². The van der Waals surface area contributed by atoms with E-state index < -0.39 is 5.54 Å². The van der Waals surface area contributed by atoms with E-state index in [9.17, 15) is 4.79 Å². The van der Waals surface area contributed by atoms with Gasteiger partial charge in [-0.1, -0.05) is 61.7 Å². The molecule has 192 valence electrons. The Morgan fingerprint density at radius 1 is 1.11 bits per heavy atom. The second kappa shape index (κ2) is 13.2. The molecule has 0 radical (unpaired) electrons.